The average molecular weight is 586 g/mol. The van der Waals surface area contributed by atoms with E-state index in [1.165, 1.54) is 38.5 Å². The molecule has 0 radical (unpaired) electrons. The summed E-state index contributed by atoms with van der Waals surface area (Å²) in [6.07, 6.45) is 13.9. The van der Waals surface area contributed by atoms with Crippen LogP contribution in [0.5, 0.6) is 0 Å². The first kappa shape index (κ1) is 34.3. The molecule has 2 saturated carbocycles. The predicted molar refractivity (Wildman–Crippen MR) is 168 cm³/mol. The van der Waals surface area contributed by atoms with Crippen molar-refractivity contribution < 1.29 is 38.4 Å². The van der Waals surface area contributed by atoms with Gasteiger partial charge in [-0.25, -0.2) is 4.79 Å². The summed E-state index contributed by atoms with van der Waals surface area (Å²) in [6.45, 7) is 4.01. The van der Waals surface area contributed by atoms with Gasteiger partial charge in [-0.15, -0.1) is 0 Å². The third-order valence-electron chi connectivity index (χ3n) is 9.00. The second-order valence-electron chi connectivity index (χ2n) is 11.8. The number of carboxylic acid groups (broad SMARTS) is 1. The Bertz CT molecular complexity index is 1190. The van der Waals surface area contributed by atoms with Crippen molar-refractivity contribution in [1.82, 2.24) is 10.2 Å². The van der Waals surface area contributed by atoms with Gasteiger partial charge < -0.3 is 15.3 Å². The van der Waals surface area contributed by atoms with Crippen LogP contribution in [-0.4, -0.2) is 57.9 Å². The number of nitrogens with one attached hydrogen (secondary N) is 1. The van der Waals surface area contributed by atoms with Crippen molar-refractivity contribution in [2.24, 2.45) is 0 Å². The van der Waals surface area contributed by atoms with Gasteiger partial charge in [-0.1, -0.05) is 68.9 Å². The molecule has 2 amide bonds. The van der Waals surface area contributed by atoms with E-state index >= 15 is 0 Å². The van der Waals surface area contributed by atoms with Crippen molar-refractivity contribution in [1.29, 1.82) is 0 Å². The van der Waals surface area contributed by atoms with Crippen LogP contribution in [0.2, 0.25) is 0 Å². The van der Waals surface area contributed by atoms with Crippen molar-refractivity contribution >= 4 is 29.5 Å². The summed E-state index contributed by atoms with van der Waals surface area (Å²) in [4.78, 5) is 41.9. The first-order chi connectivity index (χ1) is 19.8. The SMILES string of the molecule is CSCCC(NC(=O)c1ccc(C(C)C(=O)N(C2CCCCC2)C2CCCCC2)cc1-c1ccccc1C)C(=O)O.[Li+]. The van der Waals surface area contributed by atoms with Crippen molar-refractivity contribution in [2.75, 3.05) is 12.0 Å². The van der Waals surface area contributed by atoms with Crippen molar-refractivity contribution in [3.05, 3.63) is 59.2 Å². The van der Waals surface area contributed by atoms with Gasteiger partial charge in [0.05, 0.1) is 5.92 Å². The van der Waals surface area contributed by atoms with Crippen molar-refractivity contribution in [3.63, 3.8) is 0 Å². The fourth-order valence-corrected chi connectivity index (χ4v) is 7.07. The molecule has 222 valence electrons. The van der Waals surface area contributed by atoms with E-state index in [-0.39, 0.29) is 30.7 Å². The summed E-state index contributed by atoms with van der Waals surface area (Å²) in [5.41, 5.74) is 3.97. The van der Waals surface area contributed by atoms with E-state index in [0.29, 0.717) is 29.8 Å². The molecule has 2 unspecified atom stereocenters. The molecule has 4 rings (SSSR count). The number of carboxylic acids is 1. The quantitative estimate of drug-likeness (QED) is 0.386. The van der Waals surface area contributed by atoms with Gasteiger partial charge in [0, 0.05) is 17.6 Å². The van der Waals surface area contributed by atoms with E-state index in [1.54, 1.807) is 17.8 Å². The number of thioether (sulfide) groups is 1. The molecule has 2 fully saturated rings. The van der Waals surface area contributed by atoms with Crippen LogP contribution in [0.15, 0.2) is 42.5 Å². The minimum Gasteiger partial charge on any atom is -0.480 e. The summed E-state index contributed by atoms with van der Waals surface area (Å²) in [5, 5.41) is 12.5. The first-order valence-electron chi connectivity index (χ1n) is 15.4. The second-order valence-corrected chi connectivity index (χ2v) is 12.8. The van der Waals surface area contributed by atoms with E-state index in [1.807, 2.05) is 56.5 Å². The zero-order chi connectivity index (χ0) is 29.4. The van der Waals surface area contributed by atoms with Gasteiger partial charge in [-0.05, 0) is 92.3 Å². The molecule has 8 heteroatoms. The summed E-state index contributed by atoms with van der Waals surface area (Å²) in [6, 6.07) is 13.2. The maximum absolute atomic E-state index is 14.3. The number of hydrogen-bond acceptors (Lipinski definition) is 4. The van der Waals surface area contributed by atoms with Crippen LogP contribution in [0.25, 0.3) is 11.1 Å². The van der Waals surface area contributed by atoms with Gasteiger partial charge in [0.2, 0.25) is 5.91 Å². The van der Waals surface area contributed by atoms with Gasteiger partial charge >= 0.3 is 24.8 Å². The molecule has 0 heterocycles. The summed E-state index contributed by atoms with van der Waals surface area (Å²) in [5.74, 6) is -0.954. The molecule has 2 aromatic carbocycles. The second kappa shape index (κ2) is 16.6. The number of benzene rings is 2. The molecule has 0 aliphatic heterocycles. The number of carbonyl (C=O) groups excluding carboxylic acids is 2. The molecule has 42 heavy (non-hydrogen) atoms. The average Bonchev–Trinajstić information content (AvgIpc) is 2.99. The first-order valence-corrected chi connectivity index (χ1v) is 16.8. The predicted octanol–water partition coefficient (Wildman–Crippen LogP) is 4.20. The number of hydrogen-bond donors (Lipinski definition) is 2. The Morgan fingerprint density at radius 3 is 2.07 bits per heavy atom. The van der Waals surface area contributed by atoms with E-state index in [0.717, 1.165) is 47.9 Å². The van der Waals surface area contributed by atoms with E-state index in [4.69, 9.17) is 0 Å². The number of nitrogens with zero attached hydrogens (tertiary/aromatic N) is 1. The Kier molecular flexibility index (Phi) is 13.5. The van der Waals surface area contributed by atoms with Gasteiger partial charge in [0.1, 0.15) is 6.04 Å². The van der Waals surface area contributed by atoms with Crippen LogP contribution in [-0.2, 0) is 9.59 Å². The minimum absolute atomic E-state index is 0. The monoisotopic (exact) mass is 585 g/mol. The molecule has 2 aliphatic carbocycles. The van der Waals surface area contributed by atoms with Crippen LogP contribution >= 0.6 is 11.8 Å². The number of carbonyl (C=O) groups is 3. The van der Waals surface area contributed by atoms with Crippen LogP contribution < -0.4 is 24.2 Å². The fraction of sp³-hybridized carbons (Fsp3) is 0.559. The fourth-order valence-electron chi connectivity index (χ4n) is 6.60. The molecule has 2 N–H and O–H groups in total. The van der Waals surface area contributed by atoms with E-state index in [9.17, 15) is 19.5 Å². The Labute approximate surface area is 268 Å². The molecule has 0 saturated heterocycles. The number of aliphatic carboxylic acids is 1. The summed E-state index contributed by atoms with van der Waals surface area (Å²) in [7, 11) is 0. The molecule has 2 aromatic rings. The molecule has 2 aliphatic rings. The Morgan fingerprint density at radius 1 is 0.929 bits per heavy atom. The van der Waals surface area contributed by atoms with Crippen LogP contribution in [0.3, 0.4) is 0 Å². The third kappa shape index (κ3) is 8.46. The molecule has 6 nitrogen and oxygen atoms in total. The van der Waals surface area contributed by atoms with Gasteiger partial charge in [-0.2, -0.15) is 11.8 Å². The van der Waals surface area contributed by atoms with Crippen molar-refractivity contribution in [2.45, 2.75) is 109 Å². The Balaban J connectivity index is 0.00000484. The zero-order valence-corrected chi connectivity index (χ0v) is 26.7. The zero-order valence-electron chi connectivity index (χ0n) is 25.9. The number of amides is 2. The molecule has 0 aromatic heterocycles. The topological polar surface area (TPSA) is 86.7 Å². The number of rotatable bonds is 11. The van der Waals surface area contributed by atoms with Gasteiger partial charge in [-0.3, -0.25) is 9.59 Å². The van der Waals surface area contributed by atoms with Crippen LogP contribution in [0.4, 0.5) is 0 Å². The molecule has 2 atom stereocenters. The smallest absolute Gasteiger partial charge is 0.480 e. The summed E-state index contributed by atoms with van der Waals surface area (Å²) >= 11 is 1.55. The van der Waals surface area contributed by atoms with Gasteiger partial charge in [0.15, 0.2) is 0 Å². The minimum atomic E-state index is -1.04. The maximum atomic E-state index is 14.3. The van der Waals surface area contributed by atoms with Crippen LogP contribution in [0, 0.1) is 6.92 Å². The molecular weight excluding hydrogens is 539 g/mol. The normalized spacial score (nSPS) is 17.5. The Hall–Kier alpha value is -2.20. The molecular formula is C34H46LiN2O4S+. The summed E-state index contributed by atoms with van der Waals surface area (Å²) < 4.78 is 0. The van der Waals surface area contributed by atoms with Gasteiger partial charge in [0.25, 0.3) is 5.91 Å². The van der Waals surface area contributed by atoms with Crippen molar-refractivity contribution in [3.8, 4) is 11.1 Å². The largest absolute Gasteiger partial charge is 1.00 e. The molecule has 0 spiro atoms. The standard InChI is InChI=1S/C34H46N2O4S.Li/c1-23-12-10-11-17-28(23)30-22-25(18-19-29(30)32(37)35-31(34(39)40)20-21-41-3)24(2)33(38)36(26-13-6-4-7-14-26)27-15-8-5-9-16-27;/h10-12,17-19,22,24,26-27,31H,4-9,13-16,20-21H2,1-3H3,(H,35,37)(H,39,40);/q;+1. The third-order valence-corrected chi connectivity index (χ3v) is 9.64. The number of aryl methyl sites for hydroxylation is 1. The van der Waals surface area contributed by atoms with E-state index in [2.05, 4.69) is 10.2 Å². The van der Waals surface area contributed by atoms with E-state index < -0.39 is 17.9 Å². The Morgan fingerprint density at radius 2 is 1.52 bits per heavy atom. The maximum Gasteiger partial charge on any atom is 1.00 e. The molecule has 0 bridgehead atoms. The van der Waals surface area contributed by atoms with Crippen LogP contribution in [0.1, 0.15) is 105 Å².